The van der Waals surface area contributed by atoms with Gasteiger partial charge >= 0.3 is 5.97 Å². The van der Waals surface area contributed by atoms with Crippen molar-refractivity contribution in [3.05, 3.63) is 58.3 Å². The highest BCUT2D eigenvalue weighted by molar-refractivity contribution is 7.17. The Kier molecular flexibility index (Phi) is 6.86. The molecular weight excluding hydrogens is 425 g/mol. The molecular formula is C22H20FNO6S. The molecule has 0 bridgehead atoms. The molecule has 0 atom stereocenters. The number of halogens is 1. The lowest BCUT2D eigenvalue weighted by Crippen LogP contribution is -2.14. The molecule has 9 heteroatoms. The highest BCUT2D eigenvalue weighted by Gasteiger charge is 2.20. The first-order valence-electron chi connectivity index (χ1n) is 9.11. The van der Waals surface area contributed by atoms with Gasteiger partial charge < -0.3 is 18.9 Å². The second-order valence-corrected chi connectivity index (χ2v) is 7.35. The smallest absolute Gasteiger partial charge is 0.350 e. The number of nitrogens with zero attached hydrogens (tertiary/aromatic N) is 1. The van der Waals surface area contributed by atoms with Crippen LogP contribution in [0.5, 0.6) is 17.2 Å². The van der Waals surface area contributed by atoms with Crippen molar-refractivity contribution in [3.8, 4) is 27.8 Å². The lowest BCUT2D eigenvalue weighted by Gasteiger charge is -2.08. The number of Topliss-reactive ketones (excluding diaryl/α,β-unsaturated/α-hetero) is 1. The van der Waals surface area contributed by atoms with Crippen LogP contribution in [0.1, 0.15) is 25.7 Å². The summed E-state index contributed by atoms with van der Waals surface area (Å²) in [5.41, 5.74) is 1.30. The number of rotatable bonds is 8. The van der Waals surface area contributed by atoms with E-state index in [1.165, 1.54) is 26.4 Å². The molecule has 0 amide bonds. The van der Waals surface area contributed by atoms with Crippen molar-refractivity contribution in [2.45, 2.75) is 6.92 Å². The number of methoxy groups -OCH3 is 3. The molecule has 0 aliphatic carbocycles. The Morgan fingerprint density at radius 1 is 0.968 bits per heavy atom. The lowest BCUT2D eigenvalue weighted by molar-refractivity contribution is 0.0478. The number of aromatic nitrogens is 1. The van der Waals surface area contributed by atoms with Crippen LogP contribution >= 0.6 is 11.3 Å². The van der Waals surface area contributed by atoms with Gasteiger partial charge in [0.15, 0.2) is 35.5 Å². The standard InChI is InChI=1S/C22H20FNO6S/c1-12-20(31-21(24-12)14-6-8-18(28-3)19(10-14)29-4)22(26)30-11-16(25)13-5-7-17(27-2)15(23)9-13/h5-10H,11H2,1-4H3. The fourth-order valence-electron chi connectivity index (χ4n) is 2.80. The molecule has 0 aliphatic heterocycles. The predicted octanol–water partition coefficient (Wildman–Crippen LogP) is 4.32. The van der Waals surface area contributed by atoms with Crippen LogP contribution in [0.25, 0.3) is 10.6 Å². The zero-order valence-corrected chi connectivity index (χ0v) is 18.2. The van der Waals surface area contributed by atoms with Gasteiger partial charge in [-0.3, -0.25) is 4.79 Å². The fourth-order valence-corrected chi connectivity index (χ4v) is 3.75. The van der Waals surface area contributed by atoms with E-state index in [9.17, 15) is 14.0 Å². The third-order valence-electron chi connectivity index (χ3n) is 4.42. The Hall–Kier alpha value is -3.46. The number of hydrogen-bond donors (Lipinski definition) is 0. The van der Waals surface area contributed by atoms with Crippen LogP contribution in [0.15, 0.2) is 36.4 Å². The van der Waals surface area contributed by atoms with Gasteiger partial charge in [0.1, 0.15) is 9.88 Å². The molecule has 0 spiro atoms. The third-order valence-corrected chi connectivity index (χ3v) is 5.61. The predicted molar refractivity (Wildman–Crippen MR) is 113 cm³/mol. The maximum Gasteiger partial charge on any atom is 0.350 e. The Balaban J connectivity index is 1.72. The van der Waals surface area contributed by atoms with Crippen LogP contribution < -0.4 is 14.2 Å². The first-order valence-corrected chi connectivity index (χ1v) is 9.93. The summed E-state index contributed by atoms with van der Waals surface area (Å²) < 4.78 is 34.3. The van der Waals surface area contributed by atoms with E-state index in [0.29, 0.717) is 22.2 Å². The minimum atomic E-state index is -0.677. The third kappa shape index (κ3) is 4.83. The molecule has 0 fully saturated rings. The van der Waals surface area contributed by atoms with Gasteiger partial charge in [0.05, 0.1) is 27.0 Å². The Bertz CT molecular complexity index is 1130. The van der Waals surface area contributed by atoms with Gasteiger partial charge in [0.25, 0.3) is 0 Å². The van der Waals surface area contributed by atoms with Crippen molar-refractivity contribution in [2.24, 2.45) is 0 Å². The number of benzene rings is 2. The second kappa shape index (κ2) is 9.57. The molecule has 0 aliphatic rings. The van der Waals surface area contributed by atoms with Gasteiger partial charge in [0, 0.05) is 11.1 Å². The summed E-state index contributed by atoms with van der Waals surface area (Å²) in [6.45, 7) is 1.16. The molecule has 1 aromatic heterocycles. The molecule has 2 aromatic carbocycles. The highest BCUT2D eigenvalue weighted by Crippen LogP contribution is 2.35. The SMILES string of the molecule is COc1ccc(C(=O)COC(=O)c2sc(-c3ccc(OC)c(OC)c3)nc2C)cc1F. The van der Waals surface area contributed by atoms with Crippen LogP contribution in [0.3, 0.4) is 0 Å². The summed E-state index contributed by atoms with van der Waals surface area (Å²) in [6.07, 6.45) is 0. The van der Waals surface area contributed by atoms with E-state index < -0.39 is 24.2 Å². The fraction of sp³-hybridized carbons (Fsp3) is 0.227. The molecule has 162 valence electrons. The van der Waals surface area contributed by atoms with Gasteiger partial charge in [0.2, 0.25) is 0 Å². The summed E-state index contributed by atoms with van der Waals surface area (Å²) >= 11 is 1.14. The molecule has 7 nitrogen and oxygen atoms in total. The molecule has 31 heavy (non-hydrogen) atoms. The van der Waals surface area contributed by atoms with Crippen molar-refractivity contribution < 1.29 is 32.9 Å². The number of thiazole rings is 1. The van der Waals surface area contributed by atoms with Crippen molar-refractivity contribution in [1.82, 2.24) is 4.98 Å². The average Bonchev–Trinajstić information content (AvgIpc) is 3.18. The summed E-state index contributed by atoms with van der Waals surface area (Å²) in [5, 5.41) is 0.592. The molecule has 3 aromatic rings. The van der Waals surface area contributed by atoms with Gasteiger partial charge in [-0.1, -0.05) is 0 Å². The molecule has 0 radical (unpaired) electrons. The number of ether oxygens (including phenoxy) is 4. The number of hydrogen-bond acceptors (Lipinski definition) is 8. The van der Waals surface area contributed by atoms with E-state index >= 15 is 0 Å². The van der Waals surface area contributed by atoms with Crippen LogP contribution in [0, 0.1) is 12.7 Å². The van der Waals surface area contributed by atoms with Crippen molar-refractivity contribution in [1.29, 1.82) is 0 Å². The quantitative estimate of drug-likeness (QED) is 0.377. The minimum absolute atomic E-state index is 0.0246. The summed E-state index contributed by atoms with van der Waals surface area (Å²) in [7, 11) is 4.40. The van der Waals surface area contributed by atoms with Crippen molar-refractivity contribution >= 4 is 23.1 Å². The van der Waals surface area contributed by atoms with E-state index in [4.69, 9.17) is 18.9 Å². The van der Waals surface area contributed by atoms with Crippen molar-refractivity contribution in [3.63, 3.8) is 0 Å². The van der Waals surface area contributed by atoms with Gasteiger partial charge in [-0.15, -0.1) is 11.3 Å². The minimum Gasteiger partial charge on any atom is -0.494 e. The average molecular weight is 445 g/mol. The summed E-state index contributed by atoms with van der Waals surface area (Å²) in [6, 6.07) is 9.10. The molecule has 0 unspecified atom stereocenters. The zero-order chi connectivity index (χ0) is 22.5. The van der Waals surface area contributed by atoms with E-state index in [2.05, 4.69) is 4.98 Å². The summed E-state index contributed by atoms with van der Waals surface area (Å²) in [5.74, 6) is -0.739. The van der Waals surface area contributed by atoms with Gasteiger partial charge in [-0.2, -0.15) is 0 Å². The Morgan fingerprint density at radius 2 is 1.65 bits per heavy atom. The number of aryl methyl sites for hydroxylation is 1. The van der Waals surface area contributed by atoms with Crippen molar-refractivity contribution in [2.75, 3.05) is 27.9 Å². The van der Waals surface area contributed by atoms with Gasteiger partial charge in [-0.25, -0.2) is 14.2 Å². The van der Waals surface area contributed by atoms with Crippen LogP contribution in [-0.2, 0) is 4.74 Å². The normalized spacial score (nSPS) is 10.5. The Labute approximate surface area is 182 Å². The largest absolute Gasteiger partial charge is 0.494 e. The lowest BCUT2D eigenvalue weighted by atomic mass is 10.1. The zero-order valence-electron chi connectivity index (χ0n) is 17.4. The molecule has 0 saturated carbocycles. The van der Waals surface area contributed by atoms with Gasteiger partial charge in [-0.05, 0) is 43.3 Å². The first kappa shape index (κ1) is 22.2. The van der Waals surface area contributed by atoms with Crippen LogP contribution in [0.4, 0.5) is 4.39 Å². The molecule has 0 N–H and O–H groups in total. The Morgan fingerprint density at radius 3 is 2.29 bits per heavy atom. The second-order valence-electron chi connectivity index (χ2n) is 6.35. The van der Waals surface area contributed by atoms with Crippen LogP contribution in [0.2, 0.25) is 0 Å². The van der Waals surface area contributed by atoms with Crippen LogP contribution in [-0.4, -0.2) is 44.7 Å². The number of carbonyl (C=O) groups is 2. The van der Waals surface area contributed by atoms with E-state index in [1.807, 2.05) is 0 Å². The van der Waals surface area contributed by atoms with E-state index in [0.717, 1.165) is 23.0 Å². The molecule has 0 saturated heterocycles. The number of esters is 1. The molecule has 1 heterocycles. The molecule has 3 rings (SSSR count). The number of ketones is 1. The topological polar surface area (TPSA) is 84.0 Å². The van der Waals surface area contributed by atoms with E-state index in [-0.39, 0.29) is 16.2 Å². The number of carbonyl (C=O) groups excluding carboxylic acids is 2. The maximum absolute atomic E-state index is 13.8. The monoisotopic (exact) mass is 445 g/mol. The highest BCUT2D eigenvalue weighted by atomic mass is 32.1. The summed E-state index contributed by atoms with van der Waals surface area (Å²) in [4.78, 5) is 29.4. The maximum atomic E-state index is 13.8. The van der Waals surface area contributed by atoms with E-state index in [1.54, 1.807) is 32.2 Å². The first-order chi connectivity index (χ1) is 14.9.